The highest BCUT2D eigenvalue weighted by Crippen LogP contribution is 2.22. The van der Waals surface area contributed by atoms with Crippen LogP contribution in [0.15, 0.2) is 33.5 Å². The Morgan fingerprint density at radius 3 is 2.65 bits per heavy atom. The Hall–Kier alpha value is -2.34. The summed E-state index contributed by atoms with van der Waals surface area (Å²) in [6, 6.07) is 6.27. The molecule has 2 aromatic rings. The van der Waals surface area contributed by atoms with Crippen molar-refractivity contribution in [3.8, 4) is 5.75 Å². The second kappa shape index (κ2) is 7.78. The molecule has 6 heteroatoms. The molecule has 0 bridgehead atoms. The Labute approximate surface area is 135 Å². The fourth-order valence-corrected chi connectivity index (χ4v) is 2.42. The van der Waals surface area contributed by atoms with Gasteiger partial charge in [-0.15, -0.1) is 0 Å². The van der Waals surface area contributed by atoms with Gasteiger partial charge >= 0.3 is 5.63 Å². The summed E-state index contributed by atoms with van der Waals surface area (Å²) >= 11 is 0. The molecule has 23 heavy (non-hydrogen) atoms. The lowest BCUT2D eigenvalue weighted by Gasteiger charge is -2.18. The minimum Gasteiger partial charge on any atom is -0.497 e. The quantitative estimate of drug-likeness (QED) is 0.789. The van der Waals surface area contributed by atoms with Gasteiger partial charge in [0.2, 0.25) is 0 Å². The zero-order valence-electron chi connectivity index (χ0n) is 13.7. The van der Waals surface area contributed by atoms with E-state index in [0.29, 0.717) is 28.8 Å². The normalized spacial score (nSPS) is 11.0. The average Bonchev–Trinajstić information content (AvgIpc) is 2.57. The number of carbonyl (C=O) groups is 1. The highest BCUT2D eigenvalue weighted by Gasteiger charge is 2.13. The molecule has 0 saturated heterocycles. The maximum Gasteiger partial charge on any atom is 0.337 e. The minimum absolute atomic E-state index is 0.278. The summed E-state index contributed by atoms with van der Waals surface area (Å²) < 4.78 is 10.3. The smallest absolute Gasteiger partial charge is 0.337 e. The number of hydrogen-bond donors (Lipinski definition) is 1. The van der Waals surface area contributed by atoms with Gasteiger partial charge < -0.3 is 19.4 Å². The second-order valence-corrected chi connectivity index (χ2v) is 5.12. The van der Waals surface area contributed by atoms with Crippen LogP contribution in [-0.2, 0) is 0 Å². The highest BCUT2D eigenvalue weighted by molar-refractivity contribution is 6.05. The minimum atomic E-state index is -0.556. The highest BCUT2D eigenvalue weighted by atomic mass is 16.5. The predicted molar refractivity (Wildman–Crippen MR) is 89.2 cm³/mol. The van der Waals surface area contributed by atoms with Crippen molar-refractivity contribution >= 4 is 16.9 Å². The number of likely N-dealkylation sites (N-methyl/N-ethyl adjacent to an activating group) is 1. The van der Waals surface area contributed by atoms with E-state index in [1.54, 1.807) is 18.2 Å². The largest absolute Gasteiger partial charge is 0.497 e. The molecule has 1 aromatic carbocycles. The Morgan fingerprint density at radius 2 is 2.00 bits per heavy atom. The average molecular weight is 318 g/mol. The molecule has 0 atom stereocenters. The lowest BCUT2D eigenvalue weighted by molar-refractivity contribution is 0.0950. The summed E-state index contributed by atoms with van der Waals surface area (Å²) in [6.45, 7) is 7.32. The fraction of sp³-hybridized carbons (Fsp3) is 0.412. The van der Waals surface area contributed by atoms with E-state index in [1.165, 1.54) is 13.2 Å². The van der Waals surface area contributed by atoms with Crippen LogP contribution < -0.4 is 15.7 Å². The molecule has 0 aliphatic heterocycles. The zero-order valence-corrected chi connectivity index (χ0v) is 13.7. The Kier molecular flexibility index (Phi) is 5.76. The molecular weight excluding hydrogens is 296 g/mol. The monoisotopic (exact) mass is 318 g/mol. The van der Waals surface area contributed by atoms with Gasteiger partial charge in [-0.05, 0) is 25.2 Å². The first kappa shape index (κ1) is 17.0. The van der Waals surface area contributed by atoms with Gasteiger partial charge in [0.15, 0.2) is 0 Å². The number of carbonyl (C=O) groups excluding carboxylic acids is 1. The van der Waals surface area contributed by atoms with Crippen LogP contribution in [0.1, 0.15) is 24.2 Å². The summed E-state index contributed by atoms with van der Waals surface area (Å²) in [7, 11) is 1.53. The number of methoxy groups -OCH3 is 1. The van der Waals surface area contributed by atoms with Crippen LogP contribution in [0.2, 0.25) is 0 Å². The standard InChI is InChI=1S/C17H22N2O4/c1-4-19(5-2)9-8-18-17(21)14-11-16(20)23-15-10-12(22-3)6-7-13(14)15/h6-7,10-11H,4-5,8-9H2,1-3H3,(H,18,21). The maximum atomic E-state index is 12.4. The number of hydrogen-bond acceptors (Lipinski definition) is 5. The van der Waals surface area contributed by atoms with Gasteiger partial charge in [0, 0.05) is 30.6 Å². The van der Waals surface area contributed by atoms with Gasteiger partial charge in [-0.1, -0.05) is 13.8 Å². The number of benzene rings is 1. The molecule has 0 saturated carbocycles. The third kappa shape index (κ3) is 4.10. The van der Waals surface area contributed by atoms with Crippen molar-refractivity contribution in [2.45, 2.75) is 13.8 Å². The fourth-order valence-electron chi connectivity index (χ4n) is 2.42. The Bertz CT molecular complexity index is 735. The van der Waals surface area contributed by atoms with E-state index in [0.717, 1.165) is 19.6 Å². The first-order valence-electron chi connectivity index (χ1n) is 7.71. The Morgan fingerprint density at radius 1 is 1.26 bits per heavy atom. The van der Waals surface area contributed by atoms with Crippen molar-refractivity contribution < 1.29 is 13.9 Å². The van der Waals surface area contributed by atoms with Crippen LogP contribution >= 0.6 is 0 Å². The summed E-state index contributed by atoms with van der Waals surface area (Å²) in [5.74, 6) is 0.292. The van der Waals surface area contributed by atoms with Crippen LogP contribution in [0.4, 0.5) is 0 Å². The molecule has 1 heterocycles. The SMILES string of the molecule is CCN(CC)CCNC(=O)c1cc(=O)oc2cc(OC)ccc12. The summed E-state index contributed by atoms with van der Waals surface area (Å²) in [4.78, 5) is 26.3. The molecule has 1 N–H and O–H groups in total. The van der Waals surface area contributed by atoms with Gasteiger partial charge in [0.1, 0.15) is 11.3 Å². The number of amides is 1. The lowest BCUT2D eigenvalue weighted by Crippen LogP contribution is -2.35. The summed E-state index contributed by atoms with van der Waals surface area (Å²) in [5, 5.41) is 3.44. The topological polar surface area (TPSA) is 71.8 Å². The van der Waals surface area contributed by atoms with E-state index in [4.69, 9.17) is 9.15 Å². The number of fused-ring (bicyclic) bond motifs is 1. The van der Waals surface area contributed by atoms with E-state index in [2.05, 4.69) is 24.1 Å². The molecule has 0 aliphatic rings. The molecule has 0 aliphatic carbocycles. The predicted octanol–water partition coefficient (Wildman–Crippen LogP) is 1.87. The molecule has 124 valence electrons. The van der Waals surface area contributed by atoms with E-state index in [9.17, 15) is 9.59 Å². The Balaban J connectivity index is 2.21. The van der Waals surface area contributed by atoms with Crippen molar-refractivity contribution in [2.75, 3.05) is 33.3 Å². The van der Waals surface area contributed by atoms with E-state index in [1.807, 2.05) is 0 Å². The van der Waals surface area contributed by atoms with Crippen LogP contribution in [0.25, 0.3) is 11.0 Å². The molecule has 2 rings (SSSR count). The van der Waals surface area contributed by atoms with Gasteiger partial charge in [-0.25, -0.2) is 4.79 Å². The molecule has 1 aromatic heterocycles. The van der Waals surface area contributed by atoms with Crippen molar-refractivity contribution in [1.82, 2.24) is 10.2 Å². The second-order valence-electron chi connectivity index (χ2n) is 5.12. The van der Waals surface area contributed by atoms with Crippen LogP contribution in [0, 0.1) is 0 Å². The van der Waals surface area contributed by atoms with Crippen molar-refractivity contribution in [1.29, 1.82) is 0 Å². The first-order valence-corrected chi connectivity index (χ1v) is 7.71. The van der Waals surface area contributed by atoms with Gasteiger partial charge in [-0.3, -0.25) is 4.79 Å². The van der Waals surface area contributed by atoms with Crippen LogP contribution in [-0.4, -0.2) is 44.1 Å². The molecule has 0 spiro atoms. The number of nitrogens with zero attached hydrogens (tertiary/aromatic N) is 1. The number of ether oxygens (including phenoxy) is 1. The van der Waals surface area contributed by atoms with E-state index < -0.39 is 5.63 Å². The first-order chi connectivity index (χ1) is 11.1. The van der Waals surface area contributed by atoms with Gasteiger partial charge in [-0.2, -0.15) is 0 Å². The van der Waals surface area contributed by atoms with Crippen LogP contribution in [0.3, 0.4) is 0 Å². The molecule has 1 amide bonds. The molecule has 6 nitrogen and oxygen atoms in total. The molecule has 0 radical (unpaired) electrons. The van der Waals surface area contributed by atoms with Gasteiger partial charge in [0.25, 0.3) is 5.91 Å². The molecular formula is C17H22N2O4. The van der Waals surface area contributed by atoms with Gasteiger partial charge in [0.05, 0.1) is 12.7 Å². The van der Waals surface area contributed by atoms with Crippen molar-refractivity contribution in [3.05, 3.63) is 40.2 Å². The number of nitrogens with one attached hydrogen (secondary N) is 1. The number of rotatable bonds is 7. The third-order valence-electron chi connectivity index (χ3n) is 3.80. The van der Waals surface area contributed by atoms with Crippen molar-refractivity contribution in [3.63, 3.8) is 0 Å². The van der Waals surface area contributed by atoms with Crippen LogP contribution in [0.5, 0.6) is 5.75 Å². The zero-order chi connectivity index (χ0) is 16.8. The van der Waals surface area contributed by atoms with E-state index >= 15 is 0 Å². The van der Waals surface area contributed by atoms with Crippen molar-refractivity contribution in [2.24, 2.45) is 0 Å². The molecule has 0 fully saturated rings. The maximum absolute atomic E-state index is 12.4. The third-order valence-corrected chi connectivity index (χ3v) is 3.80. The molecule has 0 unspecified atom stereocenters. The van der Waals surface area contributed by atoms with E-state index in [-0.39, 0.29) is 5.91 Å². The lowest BCUT2D eigenvalue weighted by atomic mass is 10.1. The summed E-state index contributed by atoms with van der Waals surface area (Å²) in [5.41, 5.74) is 0.101. The summed E-state index contributed by atoms with van der Waals surface area (Å²) in [6.07, 6.45) is 0.